The summed E-state index contributed by atoms with van der Waals surface area (Å²) in [5.74, 6) is 0.830. The van der Waals surface area contributed by atoms with Crippen LogP contribution in [0.4, 0.5) is 0 Å². The Bertz CT molecular complexity index is 355. The van der Waals surface area contributed by atoms with Gasteiger partial charge in [-0.2, -0.15) is 0 Å². The molecule has 0 aromatic rings. The number of nitrogens with one attached hydrogen (secondary N) is 2. The average molecular weight is 318 g/mol. The molecule has 5 nitrogen and oxygen atoms in total. The van der Waals surface area contributed by atoms with E-state index in [2.05, 4.69) is 10.6 Å². The molecule has 6 heteroatoms. The van der Waals surface area contributed by atoms with Gasteiger partial charge in [-0.1, -0.05) is 12.8 Å². The molecule has 0 aromatic heterocycles. The second-order valence-corrected chi connectivity index (χ2v) is 6.40. The zero-order valence-electron chi connectivity index (χ0n) is 12.8. The summed E-state index contributed by atoms with van der Waals surface area (Å²) in [5, 5.41) is 5.81. The van der Waals surface area contributed by atoms with Gasteiger partial charge in [0.05, 0.1) is 0 Å². The molecule has 0 spiro atoms. The Hall–Kier alpha value is -0.810. The van der Waals surface area contributed by atoms with Crippen LogP contribution in [-0.2, 0) is 9.59 Å². The third kappa shape index (κ3) is 6.22. The van der Waals surface area contributed by atoms with Crippen molar-refractivity contribution in [3.8, 4) is 0 Å². The molecule has 2 fully saturated rings. The average Bonchev–Trinajstić information content (AvgIpc) is 3.10. The number of hydrogen-bond donors (Lipinski definition) is 3. The lowest BCUT2D eigenvalue weighted by Gasteiger charge is -2.17. The molecule has 0 aromatic carbocycles. The fraction of sp³-hybridized carbons (Fsp3) is 0.867. The van der Waals surface area contributed by atoms with Crippen molar-refractivity contribution in [2.24, 2.45) is 17.6 Å². The van der Waals surface area contributed by atoms with E-state index in [1.165, 1.54) is 12.8 Å². The molecule has 4 N–H and O–H groups in total. The Morgan fingerprint density at radius 2 is 1.81 bits per heavy atom. The topological polar surface area (TPSA) is 84.2 Å². The lowest BCUT2D eigenvalue weighted by molar-refractivity contribution is -0.126. The van der Waals surface area contributed by atoms with Crippen LogP contribution in [0.2, 0.25) is 0 Å². The summed E-state index contributed by atoms with van der Waals surface area (Å²) in [7, 11) is 0. The van der Waals surface area contributed by atoms with E-state index in [-0.39, 0.29) is 42.2 Å². The van der Waals surface area contributed by atoms with Crippen LogP contribution >= 0.6 is 12.4 Å². The minimum Gasteiger partial charge on any atom is -0.354 e. The van der Waals surface area contributed by atoms with Crippen molar-refractivity contribution in [2.45, 2.75) is 64.0 Å². The Balaban J connectivity index is 0.00000220. The van der Waals surface area contributed by atoms with Crippen molar-refractivity contribution in [3.05, 3.63) is 0 Å². The highest BCUT2D eigenvalue weighted by Crippen LogP contribution is 2.31. The number of carbonyl (C=O) groups is 2. The normalized spacial score (nSPS) is 21.2. The first-order valence-electron chi connectivity index (χ1n) is 7.89. The van der Waals surface area contributed by atoms with E-state index in [1.54, 1.807) is 0 Å². The molecule has 2 unspecified atom stereocenters. The van der Waals surface area contributed by atoms with Gasteiger partial charge in [-0.25, -0.2) is 0 Å². The first kappa shape index (κ1) is 18.2. The number of halogens is 1. The molecule has 0 heterocycles. The summed E-state index contributed by atoms with van der Waals surface area (Å²) in [6.45, 7) is 2.43. The second kappa shape index (κ2) is 8.59. The maximum absolute atomic E-state index is 11.9. The number of carbonyl (C=O) groups excluding carboxylic acids is 2. The summed E-state index contributed by atoms with van der Waals surface area (Å²) < 4.78 is 0. The largest absolute Gasteiger partial charge is 0.354 e. The Morgan fingerprint density at radius 1 is 1.19 bits per heavy atom. The molecule has 0 radical (unpaired) electrons. The van der Waals surface area contributed by atoms with Crippen LogP contribution in [-0.4, -0.2) is 30.4 Å². The van der Waals surface area contributed by atoms with Crippen molar-refractivity contribution in [3.63, 3.8) is 0 Å². The Labute approximate surface area is 133 Å². The standard InChI is InChI=1S/C15H27N3O2.ClH/c1-10(18-15(20)12-4-2-3-5-12)8-14(19)17-9-13(16)11-6-7-11;/h10-13H,2-9,16H2,1H3,(H,17,19)(H,18,20);1H. The first-order valence-corrected chi connectivity index (χ1v) is 7.89. The molecule has 2 rings (SSSR count). The van der Waals surface area contributed by atoms with Crippen LogP contribution in [0.25, 0.3) is 0 Å². The van der Waals surface area contributed by atoms with E-state index in [1.807, 2.05) is 6.92 Å². The number of amides is 2. The molecule has 2 atom stereocenters. The maximum atomic E-state index is 11.9. The third-order valence-electron chi connectivity index (χ3n) is 4.37. The van der Waals surface area contributed by atoms with Crippen molar-refractivity contribution in [2.75, 3.05) is 6.54 Å². The molecule has 0 aliphatic heterocycles. The fourth-order valence-electron chi connectivity index (χ4n) is 2.87. The van der Waals surface area contributed by atoms with Crippen molar-refractivity contribution in [1.82, 2.24) is 10.6 Å². The van der Waals surface area contributed by atoms with Crippen molar-refractivity contribution >= 4 is 24.2 Å². The predicted molar refractivity (Wildman–Crippen MR) is 85.1 cm³/mol. The highest BCUT2D eigenvalue weighted by atomic mass is 35.5. The first-order chi connectivity index (χ1) is 9.56. The number of hydrogen-bond acceptors (Lipinski definition) is 3. The summed E-state index contributed by atoms with van der Waals surface area (Å²) >= 11 is 0. The van der Waals surface area contributed by atoms with Gasteiger partial charge < -0.3 is 16.4 Å². The minimum absolute atomic E-state index is 0. The lowest BCUT2D eigenvalue weighted by Crippen LogP contribution is -2.42. The Kier molecular flexibility index (Phi) is 7.46. The van der Waals surface area contributed by atoms with Crippen LogP contribution in [0.1, 0.15) is 51.9 Å². The van der Waals surface area contributed by atoms with E-state index in [4.69, 9.17) is 5.73 Å². The molecule has 21 heavy (non-hydrogen) atoms. The molecule has 2 saturated carbocycles. The van der Waals surface area contributed by atoms with Gasteiger partial charge in [-0.15, -0.1) is 12.4 Å². The molecule has 2 aliphatic carbocycles. The number of rotatable bonds is 7. The number of nitrogens with two attached hydrogens (primary N) is 1. The fourth-order valence-corrected chi connectivity index (χ4v) is 2.87. The Morgan fingerprint density at radius 3 is 2.38 bits per heavy atom. The summed E-state index contributed by atoms with van der Waals surface area (Å²) in [5.41, 5.74) is 5.94. The monoisotopic (exact) mass is 317 g/mol. The zero-order valence-corrected chi connectivity index (χ0v) is 13.6. The van der Waals surface area contributed by atoms with Crippen molar-refractivity contribution < 1.29 is 9.59 Å². The van der Waals surface area contributed by atoms with E-state index >= 15 is 0 Å². The molecule has 0 saturated heterocycles. The molecule has 2 amide bonds. The van der Waals surface area contributed by atoms with Gasteiger partial charge in [0.2, 0.25) is 11.8 Å². The smallest absolute Gasteiger partial charge is 0.223 e. The molecular formula is C15H28ClN3O2. The van der Waals surface area contributed by atoms with Gasteiger partial charge in [-0.3, -0.25) is 9.59 Å². The van der Waals surface area contributed by atoms with Crippen LogP contribution in [0.15, 0.2) is 0 Å². The molecule has 0 bridgehead atoms. The molecular weight excluding hydrogens is 290 g/mol. The van der Waals surface area contributed by atoms with Crippen LogP contribution < -0.4 is 16.4 Å². The maximum Gasteiger partial charge on any atom is 0.223 e. The van der Waals surface area contributed by atoms with Gasteiger partial charge in [0.15, 0.2) is 0 Å². The van der Waals surface area contributed by atoms with Crippen LogP contribution in [0.3, 0.4) is 0 Å². The van der Waals surface area contributed by atoms with Crippen LogP contribution in [0, 0.1) is 11.8 Å². The van der Waals surface area contributed by atoms with Gasteiger partial charge in [0.1, 0.15) is 0 Å². The quantitative estimate of drug-likeness (QED) is 0.662. The second-order valence-electron chi connectivity index (χ2n) is 6.40. The zero-order chi connectivity index (χ0) is 14.5. The van der Waals surface area contributed by atoms with E-state index in [0.717, 1.165) is 25.7 Å². The lowest BCUT2D eigenvalue weighted by atomic mass is 10.1. The van der Waals surface area contributed by atoms with Gasteiger partial charge in [0, 0.05) is 31.0 Å². The summed E-state index contributed by atoms with van der Waals surface area (Å²) in [6, 6.07) is -0.0254. The molecule has 2 aliphatic rings. The third-order valence-corrected chi connectivity index (χ3v) is 4.37. The van der Waals surface area contributed by atoms with Crippen LogP contribution in [0.5, 0.6) is 0 Å². The van der Waals surface area contributed by atoms with E-state index < -0.39 is 0 Å². The highest BCUT2D eigenvalue weighted by molar-refractivity contribution is 5.85. The SMILES string of the molecule is CC(CC(=O)NCC(N)C1CC1)NC(=O)C1CCCC1.Cl. The van der Waals surface area contributed by atoms with Gasteiger partial charge in [0.25, 0.3) is 0 Å². The van der Waals surface area contributed by atoms with E-state index in [9.17, 15) is 9.59 Å². The van der Waals surface area contributed by atoms with Crippen molar-refractivity contribution in [1.29, 1.82) is 0 Å². The molecule has 122 valence electrons. The van der Waals surface area contributed by atoms with Gasteiger partial charge in [-0.05, 0) is 38.5 Å². The minimum atomic E-state index is -0.111. The predicted octanol–water partition coefficient (Wildman–Crippen LogP) is 1.35. The highest BCUT2D eigenvalue weighted by Gasteiger charge is 2.28. The summed E-state index contributed by atoms with van der Waals surface area (Å²) in [6.07, 6.45) is 6.96. The van der Waals surface area contributed by atoms with Gasteiger partial charge >= 0.3 is 0 Å². The van der Waals surface area contributed by atoms with E-state index in [0.29, 0.717) is 18.9 Å². The summed E-state index contributed by atoms with van der Waals surface area (Å²) in [4.78, 5) is 23.7.